The van der Waals surface area contributed by atoms with Crippen molar-refractivity contribution in [2.75, 3.05) is 0 Å². The van der Waals surface area contributed by atoms with Gasteiger partial charge in [-0.2, -0.15) is 0 Å². The molecule has 0 aromatic heterocycles. The summed E-state index contributed by atoms with van der Waals surface area (Å²) in [5.74, 6) is -0.494. The molecule has 0 amide bonds. The van der Waals surface area contributed by atoms with Crippen LogP contribution < -0.4 is 0 Å². The minimum atomic E-state index is -0.887. The Morgan fingerprint density at radius 3 is 2.62 bits per heavy atom. The Bertz CT molecular complexity index is 363. The van der Waals surface area contributed by atoms with E-state index in [1.165, 1.54) is 6.07 Å². The molecule has 1 aromatic rings. The minimum absolute atomic E-state index is 0.0307. The average Bonchev–Trinajstić information content (AvgIpc) is 2.77. The zero-order chi connectivity index (χ0) is 9.64. The molecule has 0 saturated heterocycles. The van der Waals surface area contributed by atoms with Gasteiger partial charge in [0.05, 0.1) is 10.6 Å². The summed E-state index contributed by atoms with van der Waals surface area (Å²) in [6.45, 7) is 0. The minimum Gasteiger partial charge on any atom is -0.385 e. The molecule has 13 heavy (non-hydrogen) atoms. The van der Waals surface area contributed by atoms with Gasteiger partial charge < -0.3 is 5.11 Å². The van der Waals surface area contributed by atoms with Gasteiger partial charge in [0, 0.05) is 10.0 Å². The lowest BCUT2D eigenvalue weighted by molar-refractivity contribution is 0.151. The Hall–Kier alpha value is -0.120. The molecule has 1 nitrogen and oxygen atoms in total. The van der Waals surface area contributed by atoms with E-state index < -0.39 is 11.4 Å². The van der Waals surface area contributed by atoms with Gasteiger partial charge in [0.1, 0.15) is 5.82 Å². The highest BCUT2D eigenvalue weighted by atomic mass is 79.9. The lowest BCUT2D eigenvalue weighted by Gasteiger charge is -2.11. The van der Waals surface area contributed by atoms with E-state index in [9.17, 15) is 9.50 Å². The van der Waals surface area contributed by atoms with Gasteiger partial charge >= 0.3 is 0 Å². The van der Waals surface area contributed by atoms with Crippen molar-refractivity contribution in [3.8, 4) is 0 Å². The van der Waals surface area contributed by atoms with Crippen LogP contribution in [0.1, 0.15) is 18.4 Å². The van der Waals surface area contributed by atoms with Crippen molar-refractivity contribution >= 4 is 27.5 Å². The van der Waals surface area contributed by atoms with Crippen molar-refractivity contribution in [1.29, 1.82) is 0 Å². The zero-order valence-corrected chi connectivity index (χ0v) is 8.99. The maximum absolute atomic E-state index is 13.1. The molecule has 1 fully saturated rings. The summed E-state index contributed by atoms with van der Waals surface area (Å²) < 4.78 is 13.7. The van der Waals surface area contributed by atoms with E-state index >= 15 is 0 Å². The van der Waals surface area contributed by atoms with E-state index in [4.69, 9.17) is 11.6 Å². The molecule has 4 heteroatoms. The van der Waals surface area contributed by atoms with E-state index in [1.807, 2.05) is 0 Å². The van der Waals surface area contributed by atoms with Crippen molar-refractivity contribution in [1.82, 2.24) is 0 Å². The molecule has 0 spiro atoms. The van der Waals surface area contributed by atoms with Crippen molar-refractivity contribution in [3.05, 3.63) is 33.0 Å². The van der Waals surface area contributed by atoms with Crippen LogP contribution in [0.5, 0.6) is 0 Å². The number of rotatable bonds is 1. The van der Waals surface area contributed by atoms with E-state index in [-0.39, 0.29) is 5.02 Å². The highest BCUT2D eigenvalue weighted by molar-refractivity contribution is 9.10. The largest absolute Gasteiger partial charge is 0.385 e. The molecule has 0 radical (unpaired) electrons. The van der Waals surface area contributed by atoms with Crippen LogP contribution in [0.25, 0.3) is 0 Å². The monoisotopic (exact) mass is 264 g/mol. The van der Waals surface area contributed by atoms with Crippen LogP contribution >= 0.6 is 27.5 Å². The Morgan fingerprint density at radius 2 is 2.08 bits per heavy atom. The highest BCUT2D eigenvalue weighted by Gasteiger charge is 2.44. The summed E-state index contributed by atoms with van der Waals surface area (Å²) in [5.41, 5.74) is -0.400. The Kier molecular flexibility index (Phi) is 2.13. The van der Waals surface area contributed by atoms with Gasteiger partial charge in [0.15, 0.2) is 0 Å². The van der Waals surface area contributed by atoms with Crippen molar-refractivity contribution < 1.29 is 9.50 Å². The molecular formula is C9H7BrClFO. The molecule has 70 valence electrons. The summed E-state index contributed by atoms with van der Waals surface area (Å²) in [6, 6.07) is 2.95. The third kappa shape index (κ3) is 1.60. The predicted octanol–water partition coefficient (Wildman–Crippen LogP) is 3.22. The first-order chi connectivity index (χ1) is 6.03. The van der Waals surface area contributed by atoms with Crippen LogP contribution in [-0.4, -0.2) is 5.11 Å². The number of aliphatic hydroxyl groups is 1. The Morgan fingerprint density at radius 1 is 1.46 bits per heavy atom. The van der Waals surface area contributed by atoms with Gasteiger partial charge in [-0.05, 0) is 25.0 Å². The van der Waals surface area contributed by atoms with Crippen LogP contribution in [0, 0.1) is 5.82 Å². The van der Waals surface area contributed by atoms with Gasteiger partial charge in [-0.3, -0.25) is 0 Å². The summed E-state index contributed by atoms with van der Waals surface area (Å²) in [4.78, 5) is 0. The highest BCUT2D eigenvalue weighted by Crippen LogP contribution is 2.48. The van der Waals surface area contributed by atoms with Crippen LogP contribution in [0.2, 0.25) is 5.02 Å². The maximum atomic E-state index is 13.1. The predicted molar refractivity (Wildman–Crippen MR) is 52.2 cm³/mol. The number of hydrogen-bond donors (Lipinski definition) is 1. The molecule has 1 aromatic carbocycles. The first kappa shape index (κ1) is 9.44. The van der Waals surface area contributed by atoms with Crippen LogP contribution in [0.4, 0.5) is 4.39 Å². The third-order valence-electron chi connectivity index (χ3n) is 2.22. The molecule has 2 rings (SSSR count). The van der Waals surface area contributed by atoms with E-state index in [2.05, 4.69) is 15.9 Å². The summed E-state index contributed by atoms with van der Waals surface area (Å²) in [5, 5.41) is 9.79. The van der Waals surface area contributed by atoms with Gasteiger partial charge in [0.2, 0.25) is 0 Å². The average molecular weight is 266 g/mol. The molecule has 1 saturated carbocycles. The Balaban J connectivity index is 2.56. The van der Waals surface area contributed by atoms with E-state index in [0.29, 0.717) is 22.9 Å². The number of halogens is 3. The number of hydrogen-bond acceptors (Lipinski definition) is 1. The maximum Gasteiger partial charge on any atom is 0.143 e. The smallest absolute Gasteiger partial charge is 0.143 e. The van der Waals surface area contributed by atoms with E-state index in [1.54, 1.807) is 6.07 Å². The molecular weight excluding hydrogens is 258 g/mol. The lowest BCUT2D eigenvalue weighted by atomic mass is 10.1. The SMILES string of the molecule is OC1(c2cc(Br)cc(F)c2Cl)CC1. The first-order valence-corrected chi connectivity index (χ1v) is 5.07. The van der Waals surface area contributed by atoms with Crippen molar-refractivity contribution in [2.45, 2.75) is 18.4 Å². The summed E-state index contributed by atoms with van der Waals surface area (Å²) >= 11 is 8.89. The van der Waals surface area contributed by atoms with Crippen molar-refractivity contribution in [2.24, 2.45) is 0 Å². The second-order valence-electron chi connectivity index (χ2n) is 3.28. The molecule has 0 heterocycles. The first-order valence-electron chi connectivity index (χ1n) is 3.90. The molecule has 1 aliphatic rings. The van der Waals surface area contributed by atoms with E-state index in [0.717, 1.165) is 0 Å². The lowest BCUT2D eigenvalue weighted by Crippen LogP contribution is -2.06. The second kappa shape index (κ2) is 2.94. The summed E-state index contributed by atoms with van der Waals surface area (Å²) in [6.07, 6.45) is 1.31. The topological polar surface area (TPSA) is 20.2 Å². The fourth-order valence-electron chi connectivity index (χ4n) is 1.28. The Labute approximate surface area is 88.7 Å². The number of benzene rings is 1. The third-order valence-corrected chi connectivity index (χ3v) is 3.06. The normalized spacial score (nSPS) is 18.8. The van der Waals surface area contributed by atoms with Crippen molar-refractivity contribution in [3.63, 3.8) is 0 Å². The second-order valence-corrected chi connectivity index (χ2v) is 4.57. The van der Waals surface area contributed by atoms with Gasteiger partial charge in [0.25, 0.3) is 0 Å². The van der Waals surface area contributed by atoms with Gasteiger partial charge in [-0.15, -0.1) is 0 Å². The molecule has 0 aliphatic heterocycles. The molecule has 0 atom stereocenters. The van der Waals surface area contributed by atoms with Crippen LogP contribution in [0.3, 0.4) is 0 Å². The van der Waals surface area contributed by atoms with Crippen LogP contribution in [-0.2, 0) is 5.60 Å². The fraction of sp³-hybridized carbons (Fsp3) is 0.333. The summed E-state index contributed by atoms with van der Waals surface area (Å²) in [7, 11) is 0. The standard InChI is InChI=1S/C9H7BrClFO/c10-5-3-6(9(13)1-2-9)8(11)7(12)4-5/h3-4,13H,1-2H2. The van der Waals surface area contributed by atoms with Gasteiger partial charge in [-0.1, -0.05) is 27.5 Å². The van der Waals surface area contributed by atoms with Gasteiger partial charge in [-0.25, -0.2) is 4.39 Å². The zero-order valence-electron chi connectivity index (χ0n) is 6.65. The fourth-order valence-corrected chi connectivity index (χ4v) is 2.00. The van der Waals surface area contributed by atoms with Crippen LogP contribution in [0.15, 0.2) is 16.6 Å². The quantitative estimate of drug-likeness (QED) is 0.773. The molecule has 0 unspecified atom stereocenters. The molecule has 1 aliphatic carbocycles. The molecule has 1 N–H and O–H groups in total. The molecule has 0 bridgehead atoms.